The number of benzene rings is 1. The Morgan fingerprint density at radius 3 is 2.46 bits per heavy atom. The maximum absolute atomic E-state index is 5.62. The molecule has 7 heteroatoms. The van der Waals surface area contributed by atoms with Gasteiger partial charge in [0.2, 0.25) is 0 Å². The van der Waals surface area contributed by atoms with Crippen molar-refractivity contribution in [3.63, 3.8) is 0 Å². The Balaban J connectivity index is 2.05. The molecule has 1 aliphatic rings. The lowest BCUT2D eigenvalue weighted by molar-refractivity contribution is 0.119. The molecule has 7 nitrogen and oxygen atoms in total. The zero-order valence-electron chi connectivity index (χ0n) is 14.9. The quantitative estimate of drug-likeness (QED) is 0.830. The number of rotatable bonds is 5. The number of likely N-dealkylation sites (N-methyl/N-ethyl adjacent to an activating group) is 1. The second-order valence-corrected chi connectivity index (χ2v) is 6.56. The fourth-order valence-electron chi connectivity index (χ4n) is 3.22. The van der Waals surface area contributed by atoms with E-state index in [-0.39, 0.29) is 12.1 Å². The minimum absolute atomic E-state index is 0.00718. The van der Waals surface area contributed by atoms with Crippen LogP contribution < -0.4 is 4.74 Å². The lowest BCUT2D eigenvalue weighted by Crippen LogP contribution is -2.46. The number of tetrazole rings is 1. The molecule has 1 saturated heterocycles. The highest BCUT2D eigenvalue weighted by molar-refractivity contribution is 5.39. The monoisotopic (exact) mass is 330 g/mol. The summed E-state index contributed by atoms with van der Waals surface area (Å²) in [6, 6.07) is 8.36. The lowest BCUT2D eigenvalue weighted by Gasteiger charge is -2.38. The molecule has 1 fully saturated rings. The molecule has 0 aliphatic carbocycles. The first kappa shape index (κ1) is 16.9. The molecule has 0 N–H and O–H groups in total. The van der Waals surface area contributed by atoms with E-state index in [1.165, 1.54) is 0 Å². The summed E-state index contributed by atoms with van der Waals surface area (Å²) in [5.41, 5.74) is 1.11. The van der Waals surface area contributed by atoms with E-state index in [9.17, 15) is 0 Å². The van der Waals surface area contributed by atoms with E-state index in [2.05, 4.69) is 52.3 Å². The Morgan fingerprint density at radius 1 is 1.08 bits per heavy atom. The van der Waals surface area contributed by atoms with Gasteiger partial charge in [-0.2, -0.15) is 0 Å². The maximum Gasteiger partial charge on any atom is 0.173 e. The average Bonchev–Trinajstić information content (AvgIpc) is 3.07. The lowest BCUT2D eigenvalue weighted by atomic mass is 10.0. The molecular weight excluding hydrogens is 304 g/mol. The largest absolute Gasteiger partial charge is 0.496 e. The van der Waals surface area contributed by atoms with Gasteiger partial charge in [0.15, 0.2) is 5.82 Å². The van der Waals surface area contributed by atoms with Gasteiger partial charge in [-0.1, -0.05) is 18.2 Å². The summed E-state index contributed by atoms with van der Waals surface area (Å²) >= 11 is 0. The number of methoxy groups -OCH3 is 1. The van der Waals surface area contributed by atoms with Crippen LogP contribution in [0.1, 0.15) is 37.3 Å². The molecule has 2 heterocycles. The summed E-state index contributed by atoms with van der Waals surface area (Å²) in [5.74, 6) is 1.75. The average molecular weight is 330 g/mol. The highest BCUT2D eigenvalue weighted by Crippen LogP contribution is 2.34. The number of piperazine rings is 1. The zero-order chi connectivity index (χ0) is 17.1. The first-order valence-electron chi connectivity index (χ1n) is 8.45. The van der Waals surface area contributed by atoms with Gasteiger partial charge in [-0.15, -0.1) is 5.10 Å². The van der Waals surface area contributed by atoms with Crippen LogP contribution in [0.5, 0.6) is 5.75 Å². The summed E-state index contributed by atoms with van der Waals surface area (Å²) in [6.45, 7) is 8.23. The van der Waals surface area contributed by atoms with E-state index < -0.39 is 0 Å². The first-order chi connectivity index (χ1) is 11.6. The number of aromatic nitrogens is 4. The van der Waals surface area contributed by atoms with E-state index in [0.717, 1.165) is 43.3 Å². The minimum Gasteiger partial charge on any atom is -0.496 e. The van der Waals surface area contributed by atoms with Crippen molar-refractivity contribution in [1.82, 2.24) is 30.0 Å². The van der Waals surface area contributed by atoms with Gasteiger partial charge in [0.1, 0.15) is 11.8 Å². The molecule has 3 rings (SSSR count). The predicted octanol–water partition coefficient (Wildman–Crippen LogP) is 1.60. The molecule has 1 unspecified atom stereocenters. The van der Waals surface area contributed by atoms with E-state index in [0.29, 0.717) is 0 Å². The normalized spacial score (nSPS) is 18.0. The molecule has 1 aromatic carbocycles. The highest BCUT2D eigenvalue weighted by atomic mass is 16.5. The Kier molecular flexibility index (Phi) is 5.11. The van der Waals surface area contributed by atoms with Crippen molar-refractivity contribution in [2.45, 2.75) is 25.9 Å². The van der Waals surface area contributed by atoms with Crippen molar-refractivity contribution in [2.24, 2.45) is 0 Å². The minimum atomic E-state index is -0.00718. The van der Waals surface area contributed by atoms with Crippen molar-refractivity contribution in [3.05, 3.63) is 35.7 Å². The van der Waals surface area contributed by atoms with Gasteiger partial charge in [0, 0.05) is 31.7 Å². The Labute approximate surface area is 143 Å². The summed E-state index contributed by atoms with van der Waals surface area (Å²) < 4.78 is 7.53. The van der Waals surface area contributed by atoms with Crippen molar-refractivity contribution in [3.8, 4) is 5.75 Å². The van der Waals surface area contributed by atoms with Crippen LogP contribution in [0.2, 0.25) is 0 Å². The van der Waals surface area contributed by atoms with Gasteiger partial charge in [-0.05, 0) is 37.4 Å². The molecule has 24 heavy (non-hydrogen) atoms. The SMILES string of the molecule is COc1ccccc1C(c1nnnn1C(C)C)N1CCN(C)CC1. The number of ether oxygens (including phenoxy) is 1. The second kappa shape index (κ2) is 7.27. The third-order valence-corrected chi connectivity index (χ3v) is 4.59. The van der Waals surface area contributed by atoms with Gasteiger partial charge in [-0.3, -0.25) is 4.90 Å². The van der Waals surface area contributed by atoms with Crippen LogP contribution >= 0.6 is 0 Å². The number of hydrogen-bond acceptors (Lipinski definition) is 6. The molecule has 1 atom stereocenters. The summed E-state index contributed by atoms with van der Waals surface area (Å²) in [6.07, 6.45) is 0. The third-order valence-electron chi connectivity index (χ3n) is 4.59. The number of para-hydroxylation sites is 1. The van der Waals surface area contributed by atoms with Gasteiger partial charge < -0.3 is 9.64 Å². The Morgan fingerprint density at radius 2 is 1.79 bits per heavy atom. The fourth-order valence-corrected chi connectivity index (χ4v) is 3.22. The van der Waals surface area contributed by atoms with E-state index in [1.54, 1.807) is 7.11 Å². The molecule has 2 aromatic rings. The first-order valence-corrected chi connectivity index (χ1v) is 8.45. The number of nitrogens with zero attached hydrogens (tertiary/aromatic N) is 6. The topological polar surface area (TPSA) is 59.3 Å². The molecule has 0 saturated carbocycles. The zero-order valence-corrected chi connectivity index (χ0v) is 14.9. The number of hydrogen-bond donors (Lipinski definition) is 0. The van der Waals surface area contributed by atoms with Crippen LogP contribution in [-0.2, 0) is 0 Å². The van der Waals surface area contributed by atoms with Crippen molar-refractivity contribution >= 4 is 0 Å². The summed E-state index contributed by atoms with van der Waals surface area (Å²) in [5, 5.41) is 12.5. The van der Waals surface area contributed by atoms with Gasteiger partial charge in [-0.25, -0.2) is 4.68 Å². The molecule has 0 bridgehead atoms. The van der Waals surface area contributed by atoms with E-state index in [4.69, 9.17) is 4.74 Å². The molecule has 0 radical (unpaired) electrons. The van der Waals surface area contributed by atoms with Gasteiger partial charge in [0.05, 0.1) is 13.2 Å². The van der Waals surface area contributed by atoms with Crippen LogP contribution in [0.25, 0.3) is 0 Å². The van der Waals surface area contributed by atoms with Crippen LogP contribution in [0.3, 0.4) is 0 Å². The fraction of sp³-hybridized carbons (Fsp3) is 0.588. The molecule has 1 aliphatic heterocycles. The maximum atomic E-state index is 5.62. The van der Waals surface area contributed by atoms with Crippen molar-refractivity contribution in [2.75, 3.05) is 40.3 Å². The molecule has 1 aromatic heterocycles. The standard InChI is InChI=1S/C17H26N6O/c1-13(2)23-17(18-19-20-23)16(22-11-9-21(3)10-12-22)14-7-5-6-8-15(14)24-4/h5-8,13,16H,9-12H2,1-4H3. The Bertz CT molecular complexity index is 663. The van der Waals surface area contributed by atoms with E-state index >= 15 is 0 Å². The van der Waals surface area contributed by atoms with Crippen LogP contribution in [0.15, 0.2) is 24.3 Å². The third kappa shape index (κ3) is 3.27. The second-order valence-electron chi connectivity index (χ2n) is 6.56. The Hall–Kier alpha value is -1.99. The van der Waals surface area contributed by atoms with Gasteiger partial charge >= 0.3 is 0 Å². The molecular formula is C17H26N6O. The highest BCUT2D eigenvalue weighted by Gasteiger charge is 2.32. The van der Waals surface area contributed by atoms with Crippen molar-refractivity contribution in [1.29, 1.82) is 0 Å². The van der Waals surface area contributed by atoms with Gasteiger partial charge in [0.25, 0.3) is 0 Å². The molecule has 130 valence electrons. The van der Waals surface area contributed by atoms with E-state index in [1.807, 2.05) is 22.9 Å². The van der Waals surface area contributed by atoms with Crippen molar-refractivity contribution < 1.29 is 4.74 Å². The summed E-state index contributed by atoms with van der Waals surface area (Å²) in [4.78, 5) is 4.80. The predicted molar refractivity (Wildman–Crippen MR) is 92.1 cm³/mol. The van der Waals surface area contributed by atoms with Crippen LogP contribution in [0.4, 0.5) is 0 Å². The molecule has 0 spiro atoms. The molecule has 0 amide bonds. The van der Waals surface area contributed by atoms with Crippen LogP contribution in [0, 0.1) is 0 Å². The summed E-state index contributed by atoms with van der Waals surface area (Å²) in [7, 11) is 3.87. The van der Waals surface area contributed by atoms with Crippen LogP contribution in [-0.4, -0.2) is 70.3 Å². The smallest absolute Gasteiger partial charge is 0.173 e.